The van der Waals surface area contributed by atoms with Gasteiger partial charge in [-0.2, -0.15) is 0 Å². The molecule has 3 nitrogen and oxygen atoms in total. The van der Waals surface area contributed by atoms with Gasteiger partial charge >= 0.3 is 5.97 Å². The van der Waals surface area contributed by atoms with Gasteiger partial charge in [0.1, 0.15) is 0 Å². The molecule has 3 heteroatoms. The van der Waals surface area contributed by atoms with Crippen molar-refractivity contribution in [3.63, 3.8) is 0 Å². The number of hydrogen-bond acceptors (Lipinski definition) is 3. The third kappa shape index (κ3) is 2.19. The molecule has 94 valence electrons. The van der Waals surface area contributed by atoms with Crippen LogP contribution in [0, 0.1) is 5.41 Å². The van der Waals surface area contributed by atoms with Crippen LogP contribution in [0.2, 0.25) is 0 Å². The van der Waals surface area contributed by atoms with Gasteiger partial charge in [0.15, 0.2) is 11.2 Å². The number of ether oxygens (including phenoxy) is 1. The minimum absolute atomic E-state index is 0.229. The Bertz CT molecular complexity index is 348. The number of Topliss-reactive ketones (excluding diaryl/α,β-unsaturated/α-hetero) is 1. The van der Waals surface area contributed by atoms with Crippen LogP contribution in [0.4, 0.5) is 0 Å². The van der Waals surface area contributed by atoms with E-state index in [2.05, 4.69) is 13.2 Å². The van der Waals surface area contributed by atoms with Gasteiger partial charge in [-0.15, -0.1) is 0 Å². The van der Waals surface area contributed by atoms with Crippen molar-refractivity contribution < 1.29 is 14.3 Å². The molecule has 0 spiro atoms. The van der Waals surface area contributed by atoms with E-state index in [9.17, 15) is 9.59 Å². The molecule has 0 amide bonds. The number of rotatable bonds is 3. The quantitative estimate of drug-likeness (QED) is 0.327. The fourth-order valence-corrected chi connectivity index (χ4v) is 2.47. The van der Waals surface area contributed by atoms with Gasteiger partial charge in [0.2, 0.25) is 0 Å². The fourth-order valence-electron chi connectivity index (χ4n) is 2.47. The Hall–Kier alpha value is -1.38. The SMILES string of the molecule is C=C1CCCCC(=C)C1(C(C)=O)C(=O)OCC. The first-order valence-electron chi connectivity index (χ1n) is 6.02. The smallest absolute Gasteiger partial charge is 0.328 e. The second-order valence-electron chi connectivity index (χ2n) is 4.44. The van der Waals surface area contributed by atoms with Crippen LogP contribution in [0.1, 0.15) is 39.5 Å². The molecular formula is C14H20O3. The molecule has 0 aromatic heterocycles. The maximum atomic E-state index is 12.2. The molecule has 0 N–H and O–H groups in total. The minimum atomic E-state index is -1.30. The average molecular weight is 236 g/mol. The van der Waals surface area contributed by atoms with Crippen LogP contribution in [-0.2, 0) is 14.3 Å². The molecule has 0 saturated heterocycles. The third-order valence-electron chi connectivity index (χ3n) is 3.38. The molecule has 0 unspecified atom stereocenters. The predicted molar refractivity (Wildman–Crippen MR) is 66.5 cm³/mol. The highest BCUT2D eigenvalue weighted by Gasteiger charge is 2.49. The normalized spacial score (nSPS) is 19.6. The van der Waals surface area contributed by atoms with Crippen molar-refractivity contribution in [3.05, 3.63) is 24.3 Å². The monoisotopic (exact) mass is 236 g/mol. The van der Waals surface area contributed by atoms with Gasteiger partial charge in [-0.25, -0.2) is 0 Å². The van der Waals surface area contributed by atoms with Crippen LogP contribution in [0.3, 0.4) is 0 Å². The highest BCUT2D eigenvalue weighted by atomic mass is 16.5. The molecule has 0 aromatic rings. The molecular weight excluding hydrogens is 216 g/mol. The van der Waals surface area contributed by atoms with Gasteiger partial charge in [-0.1, -0.05) is 13.2 Å². The lowest BCUT2D eigenvalue weighted by Gasteiger charge is -2.31. The van der Waals surface area contributed by atoms with Crippen molar-refractivity contribution in [1.29, 1.82) is 0 Å². The zero-order valence-electron chi connectivity index (χ0n) is 10.7. The van der Waals surface area contributed by atoms with Crippen molar-refractivity contribution in [2.75, 3.05) is 6.61 Å². The lowest BCUT2D eigenvalue weighted by Crippen LogP contribution is -2.42. The first kappa shape index (κ1) is 13.7. The summed E-state index contributed by atoms with van der Waals surface area (Å²) in [5.74, 6) is -0.739. The van der Waals surface area contributed by atoms with E-state index in [-0.39, 0.29) is 12.4 Å². The Morgan fingerprint density at radius 1 is 1.24 bits per heavy atom. The summed E-state index contributed by atoms with van der Waals surface area (Å²) < 4.78 is 5.06. The van der Waals surface area contributed by atoms with Crippen LogP contribution >= 0.6 is 0 Å². The zero-order valence-corrected chi connectivity index (χ0v) is 10.7. The van der Waals surface area contributed by atoms with Crippen molar-refractivity contribution in [3.8, 4) is 0 Å². The summed E-state index contributed by atoms with van der Waals surface area (Å²) in [5.41, 5.74) is -0.0381. The summed E-state index contributed by atoms with van der Waals surface area (Å²) in [6.45, 7) is 11.2. The molecule has 1 aliphatic carbocycles. The summed E-state index contributed by atoms with van der Waals surface area (Å²) in [4.78, 5) is 24.2. The highest BCUT2D eigenvalue weighted by molar-refractivity contribution is 6.09. The van der Waals surface area contributed by atoms with Gasteiger partial charge in [0.05, 0.1) is 6.61 Å². The number of hydrogen-bond donors (Lipinski definition) is 0. The predicted octanol–water partition coefficient (Wildman–Crippen LogP) is 2.81. The van der Waals surface area contributed by atoms with Crippen LogP contribution in [0.5, 0.6) is 0 Å². The first-order valence-corrected chi connectivity index (χ1v) is 6.02. The van der Waals surface area contributed by atoms with Crippen LogP contribution < -0.4 is 0 Å². The molecule has 0 radical (unpaired) electrons. The van der Waals surface area contributed by atoms with E-state index in [1.54, 1.807) is 6.92 Å². The van der Waals surface area contributed by atoms with Crippen molar-refractivity contribution >= 4 is 11.8 Å². The Labute approximate surface area is 103 Å². The van der Waals surface area contributed by atoms with E-state index in [0.29, 0.717) is 24.0 Å². The van der Waals surface area contributed by atoms with E-state index in [4.69, 9.17) is 4.74 Å². The molecule has 0 aliphatic heterocycles. The number of carbonyl (C=O) groups is 2. The van der Waals surface area contributed by atoms with Crippen molar-refractivity contribution in [2.24, 2.45) is 5.41 Å². The number of ketones is 1. The van der Waals surface area contributed by atoms with Crippen molar-refractivity contribution in [1.82, 2.24) is 0 Å². The average Bonchev–Trinajstić information content (AvgIpc) is 2.38. The van der Waals surface area contributed by atoms with E-state index >= 15 is 0 Å². The number of esters is 1. The standard InChI is InChI=1S/C14H20O3/c1-5-17-13(16)14(12(4)15)10(2)8-6-7-9-11(14)3/h2-3,5-9H2,1,4H3. The Kier molecular flexibility index (Phi) is 4.27. The van der Waals surface area contributed by atoms with E-state index in [1.165, 1.54) is 6.92 Å². The van der Waals surface area contributed by atoms with E-state index in [0.717, 1.165) is 12.8 Å². The zero-order chi connectivity index (χ0) is 13.1. The van der Waals surface area contributed by atoms with E-state index < -0.39 is 11.4 Å². The summed E-state index contributed by atoms with van der Waals surface area (Å²) in [6.07, 6.45) is 3.23. The maximum absolute atomic E-state index is 12.2. The van der Waals surface area contributed by atoms with Crippen LogP contribution in [-0.4, -0.2) is 18.4 Å². The molecule has 1 aliphatic rings. The molecule has 17 heavy (non-hydrogen) atoms. The summed E-state index contributed by atoms with van der Waals surface area (Å²) in [5, 5.41) is 0. The minimum Gasteiger partial charge on any atom is -0.465 e. The third-order valence-corrected chi connectivity index (χ3v) is 3.38. The molecule has 0 atom stereocenters. The second-order valence-corrected chi connectivity index (χ2v) is 4.44. The molecule has 0 aromatic carbocycles. The fraction of sp³-hybridized carbons (Fsp3) is 0.571. The molecule has 0 heterocycles. The Morgan fingerprint density at radius 2 is 1.71 bits per heavy atom. The highest BCUT2D eigenvalue weighted by Crippen LogP contribution is 2.43. The Balaban J connectivity index is 3.26. The number of carbonyl (C=O) groups excluding carboxylic acids is 2. The van der Waals surface area contributed by atoms with Gasteiger partial charge < -0.3 is 4.74 Å². The van der Waals surface area contributed by atoms with Crippen LogP contribution in [0.15, 0.2) is 24.3 Å². The summed E-state index contributed by atoms with van der Waals surface area (Å²) in [7, 11) is 0. The van der Waals surface area contributed by atoms with Crippen molar-refractivity contribution in [2.45, 2.75) is 39.5 Å². The lowest BCUT2D eigenvalue weighted by atomic mass is 9.71. The Morgan fingerprint density at radius 3 is 2.06 bits per heavy atom. The van der Waals surface area contributed by atoms with Gasteiger partial charge in [-0.05, 0) is 50.7 Å². The van der Waals surface area contributed by atoms with Gasteiger partial charge in [0, 0.05) is 0 Å². The largest absolute Gasteiger partial charge is 0.465 e. The van der Waals surface area contributed by atoms with Gasteiger partial charge in [0.25, 0.3) is 0 Å². The lowest BCUT2D eigenvalue weighted by molar-refractivity contribution is -0.154. The molecule has 0 bridgehead atoms. The maximum Gasteiger partial charge on any atom is 0.328 e. The van der Waals surface area contributed by atoms with Gasteiger partial charge in [-0.3, -0.25) is 9.59 Å². The first-order chi connectivity index (χ1) is 7.97. The summed E-state index contributed by atoms with van der Waals surface area (Å²) in [6, 6.07) is 0. The summed E-state index contributed by atoms with van der Waals surface area (Å²) >= 11 is 0. The molecule has 1 saturated carbocycles. The topological polar surface area (TPSA) is 43.4 Å². The molecule has 1 fully saturated rings. The van der Waals surface area contributed by atoms with Crippen LogP contribution in [0.25, 0.3) is 0 Å². The second kappa shape index (κ2) is 5.30. The van der Waals surface area contributed by atoms with E-state index in [1.807, 2.05) is 0 Å². The molecule has 1 rings (SSSR count).